The molecule has 1 heterocycles. The summed E-state index contributed by atoms with van der Waals surface area (Å²) in [6, 6.07) is 13.8. The van der Waals surface area contributed by atoms with Crippen LogP contribution in [0.3, 0.4) is 0 Å². The molecule has 5 nitrogen and oxygen atoms in total. The molecule has 3 aromatic rings. The van der Waals surface area contributed by atoms with Crippen LogP contribution in [0.5, 0.6) is 11.5 Å². The number of nitrogens with one attached hydrogen (secondary N) is 1. The molecule has 3 rings (SSSR count). The van der Waals surface area contributed by atoms with Gasteiger partial charge >= 0.3 is 0 Å². The monoisotopic (exact) mass is 431 g/mol. The fraction of sp³-hybridized carbons (Fsp3) is 0.158. The minimum atomic E-state index is 0.567. The van der Waals surface area contributed by atoms with Crippen LogP contribution in [0.25, 0.3) is 11.3 Å². The fourth-order valence-electron chi connectivity index (χ4n) is 2.33. The average molecular weight is 432 g/mol. The van der Waals surface area contributed by atoms with Crippen LogP contribution in [0, 0.1) is 0 Å². The van der Waals surface area contributed by atoms with Gasteiger partial charge in [0.15, 0.2) is 11.5 Å². The average Bonchev–Trinajstić information content (AvgIpc) is 3.13. The molecule has 1 aromatic heterocycles. The first kappa shape index (κ1) is 18.4. The first-order valence-electron chi connectivity index (χ1n) is 8.01. The van der Waals surface area contributed by atoms with Crippen molar-refractivity contribution in [3.63, 3.8) is 0 Å². The van der Waals surface area contributed by atoms with E-state index in [4.69, 9.17) is 9.47 Å². The molecule has 0 unspecified atom stereocenters. The van der Waals surface area contributed by atoms with Crippen molar-refractivity contribution in [3.8, 4) is 22.8 Å². The van der Waals surface area contributed by atoms with Crippen LogP contribution in [0.4, 0.5) is 5.13 Å². The smallest absolute Gasteiger partial charge is 0.203 e. The lowest BCUT2D eigenvalue weighted by atomic mass is 10.2. The Kier molecular flexibility index (Phi) is 6.25. The number of halogens is 1. The molecular weight excluding hydrogens is 414 g/mol. The third-order valence-corrected chi connectivity index (χ3v) is 4.82. The molecule has 0 amide bonds. The second-order valence-electron chi connectivity index (χ2n) is 5.24. The predicted octanol–water partition coefficient (Wildman–Crippen LogP) is 5.43. The van der Waals surface area contributed by atoms with Gasteiger partial charge in [0.25, 0.3) is 0 Å². The maximum atomic E-state index is 5.59. The van der Waals surface area contributed by atoms with E-state index in [2.05, 4.69) is 31.4 Å². The molecule has 0 aliphatic carbocycles. The van der Waals surface area contributed by atoms with Gasteiger partial charge in [-0.2, -0.15) is 5.10 Å². The molecule has 0 spiro atoms. The Balaban J connectivity index is 1.71. The summed E-state index contributed by atoms with van der Waals surface area (Å²) < 4.78 is 11.8. The Labute approximate surface area is 164 Å². The van der Waals surface area contributed by atoms with E-state index in [1.54, 1.807) is 13.3 Å². The number of aromatic nitrogens is 1. The van der Waals surface area contributed by atoms with Gasteiger partial charge in [-0.1, -0.05) is 30.3 Å². The van der Waals surface area contributed by atoms with Crippen LogP contribution in [0.15, 0.2) is 57.4 Å². The van der Waals surface area contributed by atoms with Crippen LogP contribution in [0.1, 0.15) is 12.5 Å². The molecule has 2 aromatic carbocycles. The van der Waals surface area contributed by atoms with E-state index in [0.29, 0.717) is 18.1 Å². The fourth-order valence-corrected chi connectivity index (χ4v) is 3.57. The largest absolute Gasteiger partial charge is 0.493 e. The van der Waals surface area contributed by atoms with E-state index in [1.807, 2.05) is 54.8 Å². The molecule has 134 valence electrons. The van der Waals surface area contributed by atoms with Crippen molar-refractivity contribution >= 4 is 38.6 Å². The van der Waals surface area contributed by atoms with Gasteiger partial charge < -0.3 is 9.47 Å². The number of hydrogen-bond donors (Lipinski definition) is 1. The molecule has 0 bridgehead atoms. The van der Waals surface area contributed by atoms with E-state index in [1.165, 1.54) is 11.3 Å². The lowest BCUT2D eigenvalue weighted by Gasteiger charge is -2.11. The van der Waals surface area contributed by atoms with E-state index < -0.39 is 0 Å². The SMILES string of the molecule is CCOc1c(Br)cc(C=NNc2nc(-c3ccccc3)cs2)cc1OC. The second-order valence-corrected chi connectivity index (χ2v) is 6.95. The Morgan fingerprint density at radius 2 is 2.08 bits per heavy atom. The molecule has 0 aliphatic rings. The Bertz CT molecular complexity index is 897. The molecule has 0 saturated heterocycles. The number of hydrogen-bond acceptors (Lipinski definition) is 6. The van der Waals surface area contributed by atoms with Crippen LogP contribution >= 0.6 is 27.3 Å². The summed E-state index contributed by atoms with van der Waals surface area (Å²) in [5, 5.41) is 7.00. The highest BCUT2D eigenvalue weighted by Gasteiger charge is 2.10. The number of nitrogens with zero attached hydrogens (tertiary/aromatic N) is 2. The summed E-state index contributed by atoms with van der Waals surface area (Å²) in [5.74, 6) is 1.34. The van der Waals surface area contributed by atoms with Gasteiger partial charge in [0, 0.05) is 10.9 Å². The maximum Gasteiger partial charge on any atom is 0.203 e. The van der Waals surface area contributed by atoms with Crippen molar-refractivity contribution < 1.29 is 9.47 Å². The molecular formula is C19H18BrN3O2S. The zero-order chi connectivity index (χ0) is 18.4. The second kappa shape index (κ2) is 8.82. The van der Waals surface area contributed by atoms with E-state index >= 15 is 0 Å². The van der Waals surface area contributed by atoms with Crippen LogP contribution < -0.4 is 14.9 Å². The number of hydrazone groups is 1. The van der Waals surface area contributed by atoms with Crippen molar-refractivity contribution in [2.75, 3.05) is 19.1 Å². The minimum Gasteiger partial charge on any atom is -0.493 e. The molecule has 0 atom stereocenters. The van der Waals surface area contributed by atoms with Crippen molar-refractivity contribution in [1.29, 1.82) is 0 Å². The van der Waals surface area contributed by atoms with Gasteiger partial charge in [-0.05, 0) is 40.5 Å². The zero-order valence-electron chi connectivity index (χ0n) is 14.4. The maximum absolute atomic E-state index is 5.59. The molecule has 1 N–H and O–H groups in total. The van der Waals surface area contributed by atoms with Crippen molar-refractivity contribution in [2.45, 2.75) is 6.92 Å². The van der Waals surface area contributed by atoms with Crippen LogP contribution in [0.2, 0.25) is 0 Å². The normalized spacial score (nSPS) is 10.9. The predicted molar refractivity (Wildman–Crippen MR) is 111 cm³/mol. The van der Waals surface area contributed by atoms with Gasteiger partial charge in [0.05, 0.1) is 30.1 Å². The Morgan fingerprint density at radius 3 is 2.81 bits per heavy atom. The highest BCUT2D eigenvalue weighted by atomic mass is 79.9. The molecule has 0 radical (unpaired) electrons. The lowest BCUT2D eigenvalue weighted by Crippen LogP contribution is -1.98. The van der Waals surface area contributed by atoms with Crippen LogP contribution in [-0.4, -0.2) is 24.9 Å². The number of anilines is 1. The van der Waals surface area contributed by atoms with Crippen molar-refractivity contribution in [3.05, 3.63) is 57.9 Å². The molecule has 0 aliphatic heterocycles. The number of benzene rings is 2. The van der Waals surface area contributed by atoms with Gasteiger partial charge in [-0.15, -0.1) is 11.3 Å². The molecule has 26 heavy (non-hydrogen) atoms. The highest BCUT2D eigenvalue weighted by Crippen LogP contribution is 2.36. The summed E-state index contributed by atoms with van der Waals surface area (Å²) in [4.78, 5) is 4.54. The topological polar surface area (TPSA) is 55.7 Å². The Hall–Kier alpha value is -2.38. The summed E-state index contributed by atoms with van der Waals surface area (Å²) in [5.41, 5.74) is 5.86. The zero-order valence-corrected chi connectivity index (χ0v) is 16.8. The number of methoxy groups -OCH3 is 1. The lowest BCUT2D eigenvalue weighted by molar-refractivity contribution is 0.309. The highest BCUT2D eigenvalue weighted by molar-refractivity contribution is 9.10. The number of ether oxygens (including phenoxy) is 2. The van der Waals surface area contributed by atoms with Gasteiger partial charge in [0.2, 0.25) is 5.13 Å². The van der Waals surface area contributed by atoms with E-state index in [-0.39, 0.29) is 0 Å². The summed E-state index contributed by atoms with van der Waals surface area (Å²) in [7, 11) is 1.62. The summed E-state index contributed by atoms with van der Waals surface area (Å²) in [6.07, 6.45) is 1.71. The van der Waals surface area contributed by atoms with Gasteiger partial charge in [-0.3, -0.25) is 5.43 Å². The molecule has 0 saturated carbocycles. The minimum absolute atomic E-state index is 0.567. The summed E-state index contributed by atoms with van der Waals surface area (Å²) >= 11 is 5.02. The first-order valence-corrected chi connectivity index (χ1v) is 9.69. The van der Waals surface area contributed by atoms with Gasteiger partial charge in [-0.25, -0.2) is 4.98 Å². The van der Waals surface area contributed by atoms with E-state index in [9.17, 15) is 0 Å². The Morgan fingerprint density at radius 1 is 1.27 bits per heavy atom. The summed E-state index contributed by atoms with van der Waals surface area (Å²) in [6.45, 7) is 2.50. The van der Waals surface area contributed by atoms with E-state index in [0.717, 1.165) is 26.4 Å². The third kappa shape index (κ3) is 4.42. The standard InChI is InChI=1S/C19H18BrN3O2S/c1-3-25-18-15(20)9-13(10-17(18)24-2)11-21-23-19-22-16(12-26-19)14-7-5-4-6-8-14/h4-12H,3H2,1-2H3,(H,22,23). The first-order chi connectivity index (χ1) is 12.7. The number of rotatable bonds is 7. The number of thiazole rings is 1. The molecule has 0 fully saturated rings. The van der Waals surface area contributed by atoms with Crippen LogP contribution in [-0.2, 0) is 0 Å². The molecule has 7 heteroatoms. The van der Waals surface area contributed by atoms with Gasteiger partial charge in [0.1, 0.15) is 0 Å². The van der Waals surface area contributed by atoms with Crippen molar-refractivity contribution in [2.24, 2.45) is 5.10 Å². The third-order valence-electron chi connectivity index (χ3n) is 3.49. The van der Waals surface area contributed by atoms with Crippen molar-refractivity contribution in [1.82, 2.24) is 4.98 Å². The quantitative estimate of drug-likeness (QED) is 0.400.